The van der Waals surface area contributed by atoms with E-state index in [9.17, 15) is 9.90 Å². The molecule has 1 aliphatic heterocycles. The smallest absolute Gasteiger partial charge is 0.406 e. The molecule has 1 aromatic heterocycles. The highest BCUT2D eigenvalue weighted by Crippen LogP contribution is 2.45. The summed E-state index contributed by atoms with van der Waals surface area (Å²) in [6.07, 6.45) is 4.35. The van der Waals surface area contributed by atoms with Crippen LogP contribution in [0.25, 0.3) is 22.0 Å². The summed E-state index contributed by atoms with van der Waals surface area (Å²) in [6.45, 7) is 2.10. The van der Waals surface area contributed by atoms with Gasteiger partial charge >= 0.3 is 6.09 Å². The number of nitrogens with zero attached hydrogens (tertiary/aromatic N) is 1. The van der Waals surface area contributed by atoms with Crippen molar-refractivity contribution < 1.29 is 14.6 Å². The lowest BCUT2D eigenvalue weighted by Gasteiger charge is -2.40. The summed E-state index contributed by atoms with van der Waals surface area (Å²) in [5, 5.41) is 20.0. The minimum atomic E-state index is -1.11. The summed E-state index contributed by atoms with van der Waals surface area (Å²) in [4.78, 5) is 16.1. The number of benzene rings is 2. The van der Waals surface area contributed by atoms with Crippen LogP contribution in [0.4, 0.5) is 4.79 Å². The first-order valence-corrected chi connectivity index (χ1v) is 11.8. The van der Waals surface area contributed by atoms with Crippen LogP contribution in [0.15, 0.2) is 54.7 Å². The number of hydrogen-bond donors (Lipinski definition) is 3. The van der Waals surface area contributed by atoms with Gasteiger partial charge in [0.25, 0.3) is 0 Å². The van der Waals surface area contributed by atoms with Crippen molar-refractivity contribution in [3.05, 3.63) is 65.3 Å². The molecule has 0 spiro atoms. The maximum Gasteiger partial charge on any atom is 0.406 e. The normalized spacial score (nSPS) is 18.0. The van der Waals surface area contributed by atoms with Crippen LogP contribution in [0.3, 0.4) is 0 Å². The summed E-state index contributed by atoms with van der Waals surface area (Å²) < 4.78 is 4.66. The van der Waals surface area contributed by atoms with Gasteiger partial charge in [-0.3, -0.25) is 4.98 Å². The Labute approximate surface area is 199 Å². The number of amides is 1. The summed E-state index contributed by atoms with van der Waals surface area (Å²) in [5.74, 6) is 0.0232. The van der Waals surface area contributed by atoms with Crippen LogP contribution in [-0.2, 0) is 10.3 Å². The van der Waals surface area contributed by atoms with Gasteiger partial charge in [0.05, 0.1) is 18.2 Å². The molecule has 0 bridgehead atoms. The third kappa shape index (κ3) is 5.13. The number of halogens is 1. The first kappa shape index (κ1) is 23.5. The highest BCUT2D eigenvalue weighted by Gasteiger charge is 2.40. The van der Waals surface area contributed by atoms with Gasteiger partial charge in [0, 0.05) is 46.7 Å². The van der Waals surface area contributed by atoms with Gasteiger partial charge < -0.3 is 20.5 Å². The van der Waals surface area contributed by atoms with Gasteiger partial charge in [-0.15, -0.1) is 0 Å². The molecule has 174 valence electrons. The van der Waals surface area contributed by atoms with Crippen molar-refractivity contribution in [1.29, 1.82) is 0 Å². The topological polar surface area (TPSA) is 83.5 Å². The molecule has 1 saturated heterocycles. The third-order valence-electron chi connectivity index (χ3n) is 6.52. The maximum atomic E-state index is 12.2. The number of methoxy groups -OCH3 is 1. The van der Waals surface area contributed by atoms with Gasteiger partial charge in [0.15, 0.2) is 0 Å². The Morgan fingerprint density at radius 3 is 2.94 bits per heavy atom. The van der Waals surface area contributed by atoms with Crippen LogP contribution in [-0.4, -0.2) is 42.9 Å². The van der Waals surface area contributed by atoms with Gasteiger partial charge in [0.2, 0.25) is 0 Å². The van der Waals surface area contributed by atoms with E-state index in [-0.39, 0.29) is 5.92 Å². The molecule has 2 heterocycles. The van der Waals surface area contributed by atoms with Crippen LogP contribution in [0.2, 0.25) is 5.02 Å². The Kier molecular flexibility index (Phi) is 7.48. The lowest BCUT2D eigenvalue weighted by atomic mass is 9.72. The Morgan fingerprint density at radius 1 is 1.30 bits per heavy atom. The number of para-hydroxylation sites is 1. The molecule has 0 saturated carbocycles. The highest BCUT2D eigenvalue weighted by molar-refractivity contribution is 6.33. The van der Waals surface area contributed by atoms with Crippen molar-refractivity contribution in [2.75, 3.05) is 26.7 Å². The van der Waals surface area contributed by atoms with E-state index in [1.54, 1.807) is 0 Å². The molecule has 3 N–H and O–H groups in total. The molecule has 0 aliphatic carbocycles. The van der Waals surface area contributed by atoms with Crippen molar-refractivity contribution in [1.82, 2.24) is 15.6 Å². The predicted molar refractivity (Wildman–Crippen MR) is 131 cm³/mol. The zero-order chi connectivity index (χ0) is 23.3. The Balaban J connectivity index is 1.74. The van der Waals surface area contributed by atoms with Crippen LogP contribution in [0, 0.1) is 5.92 Å². The van der Waals surface area contributed by atoms with Crippen molar-refractivity contribution in [2.45, 2.75) is 31.3 Å². The van der Waals surface area contributed by atoms with E-state index >= 15 is 0 Å². The maximum absolute atomic E-state index is 12.2. The number of alkyl carbamates (subject to hydrolysis) is 1. The number of aromatic nitrogens is 1. The van der Waals surface area contributed by atoms with Crippen LogP contribution in [0.5, 0.6) is 0 Å². The van der Waals surface area contributed by atoms with E-state index in [4.69, 9.17) is 11.6 Å². The largest absolute Gasteiger partial charge is 0.453 e. The van der Waals surface area contributed by atoms with Gasteiger partial charge in [-0.25, -0.2) is 4.79 Å². The monoisotopic (exact) mass is 467 g/mol. The Morgan fingerprint density at radius 2 is 2.15 bits per heavy atom. The number of fused-ring (bicyclic) bond motifs is 1. The molecule has 2 atom stereocenters. The number of rotatable bonds is 7. The lowest BCUT2D eigenvalue weighted by Crippen LogP contribution is -2.45. The summed E-state index contributed by atoms with van der Waals surface area (Å²) >= 11 is 6.75. The molecule has 7 heteroatoms. The third-order valence-corrected chi connectivity index (χ3v) is 6.84. The first-order chi connectivity index (χ1) is 16.0. The van der Waals surface area contributed by atoms with E-state index in [0.717, 1.165) is 53.5 Å². The second-order valence-electron chi connectivity index (χ2n) is 8.57. The van der Waals surface area contributed by atoms with Crippen molar-refractivity contribution in [2.24, 2.45) is 5.92 Å². The molecule has 33 heavy (non-hydrogen) atoms. The summed E-state index contributed by atoms with van der Waals surface area (Å²) in [5.41, 5.74) is 2.29. The molecule has 1 fully saturated rings. The highest BCUT2D eigenvalue weighted by atomic mass is 35.5. The predicted octanol–water partition coefficient (Wildman–Crippen LogP) is 4.88. The minimum Gasteiger partial charge on any atom is -0.453 e. The fraction of sp³-hybridized carbons (Fsp3) is 0.385. The quantitative estimate of drug-likeness (QED) is 0.431. The van der Waals surface area contributed by atoms with Crippen LogP contribution in [0.1, 0.15) is 31.2 Å². The van der Waals surface area contributed by atoms with E-state index in [0.29, 0.717) is 24.4 Å². The van der Waals surface area contributed by atoms with E-state index in [1.165, 1.54) is 7.11 Å². The molecule has 3 aromatic rings. The molecule has 4 rings (SSSR count). The number of carbonyl (C=O) groups excluding carboxylic acids is 1. The number of pyridine rings is 1. The zero-order valence-electron chi connectivity index (χ0n) is 18.8. The van der Waals surface area contributed by atoms with Crippen LogP contribution >= 0.6 is 11.6 Å². The second kappa shape index (κ2) is 10.5. The molecule has 1 amide bonds. The van der Waals surface area contributed by atoms with Gasteiger partial charge in [-0.05, 0) is 56.0 Å². The van der Waals surface area contributed by atoms with E-state index in [1.807, 2.05) is 48.7 Å². The van der Waals surface area contributed by atoms with E-state index in [2.05, 4.69) is 26.4 Å². The zero-order valence-corrected chi connectivity index (χ0v) is 19.6. The van der Waals surface area contributed by atoms with Crippen molar-refractivity contribution >= 4 is 28.6 Å². The van der Waals surface area contributed by atoms with Crippen molar-refractivity contribution in [3.8, 4) is 11.1 Å². The molecule has 6 nitrogen and oxygen atoms in total. The van der Waals surface area contributed by atoms with Crippen molar-refractivity contribution in [3.63, 3.8) is 0 Å². The average Bonchev–Trinajstić information content (AvgIpc) is 2.86. The SMILES string of the molecule is COC(=O)NCCC[C@@](O)(c1cccc(Cl)c1-c1cnc2ccccc2c1)[C@@H]1CCCNC1. The second-order valence-corrected chi connectivity index (χ2v) is 8.98. The number of piperidine rings is 1. The summed E-state index contributed by atoms with van der Waals surface area (Å²) in [6, 6.07) is 15.7. The molecule has 2 aromatic carbocycles. The summed E-state index contributed by atoms with van der Waals surface area (Å²) in [7, 11) is 1.34. The molecular weight excluding hydrogens is 438 g/mol. The van der Waals surface area contributed by atoms with Gasteiger partial charge in [0.1, 0.15) is 0 Å². The van der Waals surface area contributed by atoms with Gasteiger partial charge in [-0.1, -0.05) is 41.9 Å². The standard InChI is InChI=1S/C26H30ClN3O3/c1-33-25(31)29-14-6-12-26(32,20-8-5-13-28-17-20)21-9-4-10-22(27)24(21)19-15-18-7-2-3-11-23(18)30-16-19/h2-4,7,9-11,15-16,20,28,32H,5-6,8,12-14,17H2,1H3,(H,29,31)/t20-,26+/m1/s1. The minimum absolute atomic E-state index is 0.0232. The number of aliphatic hydroxyl groups is 1. The first-order valence-electron chi connectivity index (χ1n) is 11.4. The Hall–Kier alpha value is -2.67. The fourth-order valence-corrected chi connectivity index (χ4v) is 5.11. The number of hydrogen-bond acceptors (Lipinski definition) is 5. The number of carbonyl (C=O) groups is 1. The Bertz CT molecular complexity index is 1120. The molecular formula is C26H30ClN3O3. The number of ether oxygens (including phenoxy) is 1. The number of nitrogens with one attached hydrogen (secondary N) is 2. The fourth-order valence-electron chi connectivity index (χ4n) is 4.82. The van der Waals surface area contributed by atoms with Crippen LogP contribution < -0.4 is 10.6 Å². The lowest BCUT2D eigenvalue weighted by molar-refractivity contribution is -0.0415. The van der Waals surface area contributed by atoms with E-state index < -0.39 is 11.7 Å². The molecule has 0 radical (unpaired) electrons. The average molecular weight is 468 g/mol. The van der Waals surface area contributed by atoms with Gasteiger partial charge in [-0.2, -0.15) is 0 Å². The molecule has 0 unspecified atom stereocenters. The molecule has 1 aliphatic rings.